The quantitative estimate of drug-likeness (QED) is 0.684. The second-order valence-electron chi connectivity index (χ2n) is 4.41. The van der Waals surface area contributed by atoms with Crippen molar-refractivity contribution in [2.75, 3.05) is 26.9 Å². The van der Waals surface area contributed by atoms with Crippen LogP contribution in [0.1, 0.15) is 32.6 Å². The lowest BCUT2D eigenvalue weighted by Crippen LogP contribution is -2.34. The van der Waals surface area contributed by atoms with E-state index >= 15 is 0 Å². The zero-order valence-corrected chi connectivity index (χ0v) is 10.4. The number of aliphatic hydroxyl groups is 1. The van der Waals surface area contributed by atoms with Gasteiger partial charge in [0.25, 0.3) is 0 Å². The fraction of sp³-hybridized carbons (Fsp3) is 1.00. The average molecular weight is 231 g/mol. The van der Waals surface area contributed by atoms with Crippen molar-refractivity contribution in [3.63, 3.8) is 0 Å². The summed E-state index contributed by atoms with van der Waals surface area (Å²) in [6, 6.07) is 0.646. The molecule has 0 aromatic heterocycles. The van der Waals surface area contributed by atoms with Crippen LogP contribution in [-0.2, 0) is 9.47 Å². The predicted octanol–water partition coefficient (Wildman–Crippen LogP) is 0.931. The molecule has 4 heteroatoms. The van der Waals surface area contributed by atoms with Gasteiger partial charge in [0.05, 0.1) is 19.3 Å². The van der Waals surface area contributed by atoms with E-state index in [1.807, 2.05) is 14.0 Å². The van der Waals surface area contributed by atoms with Crippen molar-refractivity contribution in [3.8, 4) is 0 Å². The van der Waals surface area contributed by atoms with Gasteiger partial charge in [-0.1, -0.05) is 0 Å². The Morgan fingerprint density at radius 2 is 1.94 bits per heavy atom. The Balaban J connectivity index is 2.05. The van der Waals surface area contributed by atoms with Gasteiger partial charge in [0, 0.05) is 12.6 Å². The van der Waals surface area contributed by atoms with Crippen molar-refractivity contribution >= 4 is 0 Å². The highest BCUT2D eigenvalue weighted by atomic mass is 16.5. The van der Waals surface area contributed by atoms with Crippen LogP contribution < -0.4 is 5.32 Å². The van der Waals surface area contributed by atoms with E-state index in [4.69, 9.17) is 9.47 Å². The van der Waals surface area contributed by atoms with Gasteiger partial charge in [-0.05, 0) is 39.7 Å². The molecule has 0 saturated heterocycles. The average Bonchev–Trinajstić information content (AvgIpc) is 2.34. The first kappa shape index (κ1) is 13.9. The zero-order chi connectivity index (χ0) is 11.8. The summed E-state index contributed by atoms with van der Waals surface area (Å²) in [4.78, 5) is 0. The Morgan fingerprint density at radius 3 is 2.50 bits per heavy atom. The van der Waals surface area contributed by atoms with Gasteiger partial charge < -0.3 is 19.9 Å². The van der Waals surface area contributed by atoms with Crippen LogP contribution in [0.4, 0.5) is 0 Å². The Kier molecular flexibility index (Phi) is 6.96. The molecule has 0 bridgehead atoms. The highest BCUT2D eigenvalue weighted by Crippen LogP contribution is 2.20. The Labute approximate surface area is 98.3 Å². The fourth-order valence-electron chi connectivity index (χ4n) is 2.07. The molecule has 0 amide bonds. The van der Waals surface area contributed by atoms with Crippen LogP contribution >= 0.6 is 0 Å². The van der Waals surface area contributed by atoms with E-state index in [1.54, 1.807) is 0 Å². The normalized spacial score (nSPS) is 27.9. The fourth-order valence-corrected chi connectivity index (χ4v) is 2.07. The molecule has 96 valence electrons. The van der Waals surface area contributed by atoms with Gasteiger partial charge in [-0.3, -0.25) is 0 Å². The summed E-state index contributed by atoms with van der Waals surface area (Å²) in [6.45, 7) is 3.34. The van der Waals surface area contributed by atoms with Crippen LogP contribution in [0.5, 0.6) is 0 Å². The van der Waals surface area contributed by atoms with Crippen molar-refractivity contribution in [1.82, 2.24) is 5.32 Å². The first-order valence-electron chi connectivity index (χ1n) is 6.31. The standard InChI is InChI=1S/C12H25NO3/c1-3-15-8-11(14)9-16-12-6-4-10(13-2)5-7-12/h10-14H,3-9H2,1-2H3. The second-order valence-corrected chi connectivity index (χ2v) is 4.41. The third-order valence-corrected chi connectivity index (χ3v) is 3.12. The summed E-state index contributed by atoms with van der Waals surface area (Å²) in [6.07, 6.45) is 4.35. The maximum atomic E-state index is 9.55. The number of hydrogen-bond acceptors (Lipinski definition) is 4. The van der Waals surface area contributed by atoms with E-state index in [9.17, 15) is 5.11 Å². The van der Waals surface area contributed by atoms with Gasteiger partial charge >= 0.3 is 0 Å². The van der Waals surface area contributed by atoms with E-state index in [2.05, 4.69) is 5.32 Å². The SMILES string of the molecule is CCOCC(O)COC1CCC(NC)CC1. The molecule has 1 aliphatic carbocycles. The van der Waals surface area contributed by atoms with Crippen LogP contribution in [0.2, 0.25) is 0 Å². The number of rotatable bonds is 7. The van der Waals surface area contributed by atoms with Crippen LogP contribution in [0.3, 0.4) is 0 Å². The Morgan fingerprint density at radius 1 is 1.25 bits per heavy atom. The maximum Gasteiger partial charge on any atom is 0.101 e. The Bertz CT molecular complexity index is 170. The van der Waals surface area contributed by atoms with Crippen molar-refractivity contribution in [3.05, 3.63) is 0 Å². The molecule has 1 fully saturated rings. The molecule has 1 unspecified atom stereocenters. The molecule has 0 aliphatic heterocycles. The molecule has 1 rings (SSSR count). The molecule has 1 atom stereocenters. The highest BCUT2D eigenvalue weighted by molar-refractivity contribution is 4.76. The molecule has 4 nitrogen and oxygen atoms in total. The summed E-state index contributed by atoms with van der Waals surface area (Å²) in [5.74, 6) is 0. The molecular formula is C12H25NO3. The highest BCUT2D eigenvalue weighted by Gasteiger charge is 2.21. The van der Waals surface area contributed by atoms with Crippen LogP contribution in [0, 0.1) is 0 Å². The minimum Gasteiger partial charge on any atom is -0.388 e. The lowest BCUT2D eigenvalue weighted by atomic mass is 9.93. The van der Waals surface area contributed by atoms with E-state index in [0.29, 0.717) is 32.0 Å². The van der Waals surface area contributed by atoms with Gasteiger partial charge in [-0.25, -0.2) is 0 Å². The summed E-state index contributed by atoms with van der Waals surface area (Å²) in [7, 11) is 2.01. The van der Waals surface area contributed by atoms with Crippen molar-refractivity contribution in [2.24, 2.45) is 0 Å². The van der Waals surface area contributed by atoms with Crippen LogP contribution in [0.25, 0.3) is 0 Å². The number of aliphatic hydroxyl groups excluding tert-OH is 1. The van der Waals surface area contributed by atoms with E-state index in [0.717, 1.165) is 12.8 Å². The van der Waals surface area contributed by atoms with Crippen LogP contribution in [-0.4, -0.2) is 50.2 Å². The smallest absolute Gasteiger partial charge is 0.101 e. The molecule has 2 N–H and O–H groups in total. The Hall–Kier alpha value is -0.160. The molecule has 1 aliphatic rings. The molecule has 1 saturated carbocycles. The number of ether oxygens (including phenoxy) is 2. The molecule has 0 aromatic rings. The number of nitrogens with one attached hydrogen (secondary N) is 1. The van der Waals surface area contributed by atoms with E-state index in [1.165, 1.54) is 12.8 Å². The topological polar surface area (TPSA) is 50.7 Å². The first-order valence-corrected chi connectivity index (χ1v) is 6.31. The van der Waals surface area contributed by atoms with Gasteiger partial charge in [-0.15, -0.1) is 0 Å². The summed E-state index contributed by atoms with van der Waals surface area (Å²) in [5.41, 5.74) is 0. The lowest BCUT2D eigenvalue weighted by Gasteiger charge is -2.28. The van der Waals surface area contributed by atoms with Crippen molar-refractivity contribution in [2.45, 2.75) is 50.9 Å². The molecular weight excluding hydrogens is 206 g/mol. The van der Waals surface area contributed by atoms with Crippen molar-refractivity contribution in [1.29, 1.82) is 0 Å². The largest absolute Gasteiger partial charge is 0.388 e. The summed E-state index contributed by atoms with van der Waals surface area (Å²) in [5, 5.41) is 12.8. The summed E-state index contributed by atoms with van der Waals surface area (Å²) >= 11 is 0. The third-order valence-electron chi connectivity index (χ3n) is 3.12. The van der Waals surface area contributed by atoms with Crippen molar-refractivity contribution < 1.29 is 14.6 Å². The second kappa shape index (κ2) is 8.01. The number of hydrogen-bond donors (Lipinski definition) is 2. The van der Waals surface area contributed by atoms with Gasteiger partial charge in [-0.2, -0.15) is 0 Å². The third kappa shape index (κ3) is 5.25. The minimum atomic E-state index is -0.484. The molecule has 0 spiro atoms. The zero-order valence-electron chi connectivity index (χ0n) is 10.4. The monoisotopic (exact) mass is 231 g/mol. The molecule has 16 heavy (non-hydrogen) atoms. The van der Waals surface area contributed by atoms with E-state index in [-0.39, 0.29) is 0 Å². The summed E-state index contributed by atoms with van der Waals surface area (Å²) < 4.78 is 10.8. The molecule has 0 aromatic carbocycles. The van der Waals surface area contributed by atoms with Crippen LogP contribution in [0.15, 0.2) is 0 Å². The van der Waals surface area contributed by atoms with E-state index < -0.39 is 6.10 Å². The predicted molar refractivity (Wildman–Crippen MR) is 63.6 cm³/mol. The van der Waals surface area contributed by atoms with Gasteiger partial charge in [0.2, 0.25) is 0 Å². The molecule has 0 radical (unpaired) electrons. The van der Waals surface area contributed by atoms with Gasteiger partial charge in [0.15, 0.2) is 0 Å². The maximum absolute atomic E-state index is 9.55. The minimum absolute atomic E-state index is 0.320. The van der Waals surface area contributed by atoms with Gasteiger partial charge in [0.1, 0.15) is 6.10 Å². The molecule has 0 heterocycles. The lowest BCUT2D eigenvalue weighted by molar-refractivity contribution is -0.0531. The first-order chi connectivity index (χ1) is 7.76.